The summed E-state index contributed by atoms with van der Waals surface area (Å²) in [6.45, 7) is 4.24. The molecule has 2 rings (SSSR count). The molecule has 0 fully saturated rings. The van der Waals surface area contributed by atoms with E-state index in [1.807, 2.05) is 4.57 Å². The summed E-state index contributed by atoms with van der Waals surface area (Å²) < 4.78 is 11.7. The highest BCUT2D eigenvalue weighted by molar-refractivity contribution is 7.99. The number of nitrogens with zero attached hydrogens (tertiary/aromatic N) is 3. The summed E-state index contributed by atoms with van der Waals surface area (Å²) in [6, 6.07) is 3.59. The highest BCUT2D eigenvalue weighted by Gasteiger charge is 2.16. The van der Waals surface area contributed by atoms with Gasteiger partial charge in [0.05, 0.1) is 19.1 Å². The number of ether oxygens (including phenoxy) is 1. The Labute approximate surface area is 114 Å². The Morgan fingerprint density at radius 2 is 2.47 bits per heavy atom. The molecule has 0 bridgehead atoms. The maximum absolute atomic E-state index is 11.2. The number of esters is 1. The van der Waals surface area contributed by atoms with E-state index in [4.69, 9.17) is 4.42 Å². The number of thioether (sulfide) groups is 1. The largest absolute Gasteiger partial charge is 0.468 e. The quantitative estimate of drug-likeness (QED) is 0.457. The molecule has 0 spiro atoms. The molecule has 6 nitrogen and oxygen atoms in total. The second-order valence-corrected chi connectivity index (χ2v) is 4.49. The molecule has 2 aromatic heterocycles. The number of methoxy groups -OCH3 is 1. The van der Waals surface area contributed by atoms with Crippen LogP contribution in [0.1, 0.15) is 0 Å². The fraction of sp³-hybridized carbons (Fsp3) is 0.250. The van der Waals surface area contributed by atoms with Gasteiger partial charge in [0, 0.05) is 6.54 Å². The van der Waals surface area contributed by atoms with Crippen molar-refractivity contribution in [1.82, 2.24) is 14.8 Å². The maximum atomic E-state index is 11.2. The normalized spacial score (nSPS) is 10.4. The van der Waals surface area contributed by atoms with Crippen LogP contribution in [-0.2, 0) is 16.1 Å². The van der Waals surface area contributed by atoms with Crippen molar-refractivity contribution in [1.29, 1.82) is 0 Å². The van der Waals surface area contributed by atoms with Crippen LogP contribution in [0.25, 0.3) is 11.6 Å². The summed E-state index contributed by atoms with van der Waals surface area (Å²) in [7, 11) is 1.35. The first-order valence-corrected chi connectivity index (χ1v) is 6.52. The fourth-order valence-electron chi connectivity index (χ4n) is 1.46. The molecular weight excluding hydrogens is 266 g/mol. The van der Waals surface area contributed by atoms with E-state index < -0.39 is 0 Å². The van der Waals surface area contributed by atoms with Crippen LogP contribution in [0.4, 0.5) is 0 Å². The molecule has 19 heavy (non-hydrogen) atoms. The van der Waals surface area contributed by atoms with Crippen LogP contribution in [0, 0.1) is 0 Å². The van der Waals surface area contributed by atoms with Crippen LogP contribution in [0.2, 0.25) is 0 Å². The minimum absolute atomic E-state index is 0.184. The lowest BCUT2D eigenvalue weighted by atomic mass is 10.4. The van der Waals surface area contributed by atoms with E-state index >= 15 is 0 Å². The van der Waals surface area contributed by atoms with Crippen LogP contribution in [-0.4, -0.2) is 33.6 Å². The summed E-state index contributed by atoms with van der Waals surface area (Å²) >= 11 is 1.26. The monoisotopic (exact) mass is 279 g/mol. The van der Waals surface area contributed by atoms with Crippen molar-refractivity contribution in [2.24, 2.45) is 0 Å². The number of hydrogen-bond acceptors (Lipinski definition) is 6. The van der Waals surface area contributed by atoms with Crippen molar-refractivity contribution >= 4 is 17.7 Å². The third kappa shape index (κ3) is 3.05. The number of furan rings is 1. The van der Waals surface area contributed by atoms with Crippen molar-refractivity contribution in [3.05, 3.63) is 31.1 Å². The summed E-state index contributed by atoms with van der Waals surface area (Å²) in [5, 5.41) is 8.76. The standard InChI is InChI=1S/C12H13N3O3S/c1-3-6-15-11(9-5-4-7-18-9)13-14-12(15)19-8-10(16)17-2/h3-5,7H,1,6,8H2,2H3. The minimum atomic E-state index is -0.308. The van der Waals surface area contributed by atoms with Crippen LogP contribution in [0.5, 0.6) is 0 Å². The van der Waals surface area contributed by atoms with Gasteiger partial charge in [0.2, 0.25) is 5.82 Å². The van der Waals surface area contributed by atoms with Crippen molar-refractivity contribution in [3.63, 3.8) is 0 Å². The average Bonchev–Trinajstić information content (AvgIpc) is 3.05. The molecule has 0 aliphatic rings. The zero-order valence-corrected chi connectivity index (χ0v) is 11.2. The SMILES string of the molecule is C=CCn1c(SCC(=O)OC)nnc1-c1ccco1. The number of hydrogen-bond donors (Lipinski definition) is 0. The van der Waals surface area contributed by atoms with Gasteiger partial charge in [-0.25, -0.2) is 0 Å². The van der Waals surface area contributed by atoms with Crippen LogP contribution in [0.15, 0.2) is 40.6 Å². The molecule has 2 aromatic rings. The minimum Gasteiger partial charge on any atom is -0.468 e. The molecule has 0 saturated carbocycles. The Hall–Kier alpha value is -2.02. The van der Waals surface area contributed by atoms with Gasteiger partial charge in [0.15, 0.2) is 10.9 Å². The Morgan fingerprint density at radius 3 is 3.11 bits per heavy atom. The molecule has 100 valence electrons. The number of allylic oxidation sites excluding steroid dienone is 1. The highest BCUT2D eigenvalue weighted by Crippen LogP contribution is 2.24. The van der Waals surface area contributed by atoms with E-state index in [0.29, 0.717) is 23.3 Å². The predicted octanol–water partition coefficient (Wildman–Crippen LogP) is 1.99. The molecule has 0 aliphatic heterocycles. The lowest BCUT2D eigenvalue weighted by Gasteiger charge is -2.05. The molecule has 2 heterocycles. The molecule has 0 aromatic carbocycles. The molecule has 0 aliphatic carbocycles. The third-order valence-corrected chi connectivity index (χ3v) is 3.26. The molecule has 0 radical (unpaired) electrons. The van der Waals surface area contributed by atoms with Gasteiger partial charge in [-0.15, -0.1) is 16.8 Å². The highest BCUT2D eigenvalue weighted by atomic mass is 32.2. The summed E-state index contributed by atoms with van der Waals surface area (Å²) in [5.41, 5.74) is 0. The molecule has 0 unspecified atom stereocenters. The van der Waals surface area contributed by atoms with Crippen LogP contribution < -0.4 is 0 Å². The van der Waals surface area contributed by atoms with Crippen molar-refractivity contribution < 1.29 is 13.9 Å². The number of rotatable bonds is 6. The van der Waals surface area contributed by atoms with E-state index in [-0.39, 0.29) is 11.7 Å². The van der Waals surface area contributed by atoms with Gasteiger partial charge in [-0.05, 0) is 12.1 Å². The van der Waals surface area contributed by atoms with Gasteiger partial charge < -0.3 is 9.15 Å². The predicted molar refractivity (Wildman–Crippen MR) is 70.7 cm³/mol. The van der Waals surface area contributed by atoms with Crippen molar-refractivity contribution in [2.45, 2.75) is 11.7 Å². The maximum Gasteiger partial charge on any atom is 0.316 e. The van der Waals surface area contributed by atoms with Gasteiger partial charge in [0.25, 0.3) is 0 Å². The molecule has 0 amide bonds. The van der Waals surface area contributed by atoms with Crippen molar-refractivity contribution in [3.8, 4) is 11.6 Å². The van der Waals surface area contributed by atoms with Crippen LogP contribution >= 0.6 is 11.8 Å². The first kappa shape index (κ1) is 13.4. The van der Waals surface area contributed by atoms with E-state index in [1.165, 1.54) is 18.9 Å². The zero-order chi connectivity index (χ0) is 13.7. The second-order valence-electron chi connectivity index (χ2n) is 3.55. The number of carbonyl (C=O) groups excluding carboxylic acids is 1. The Kier molecular flexibility index (Phi) is 4.40. The van der Waals surface area contributed by atoms with Crippen LogP contribution in [0.3, 0.4) is 0 Å². The third-order valence-electron chi connectivity index (χ3n) is 2.32. The van der Waals surface area contributed by atoms with Gasteiger partial charge in [-0.1, -0.05) is 17.8 Å². The first-order chi connectivity index (χ1) is 9.26. The van der Waals surface area contributed by atoms with E-state index in [1.54, 1.807) is 24.5 Å². The lowest BCUT2D eigenvalue weighted by molar-refractivity contribution is -0.137. The lowest BCUT2D eigenvalue weighted by Crippen LogP contribution is -2.06. The van der Waals surface area contributed by atoms with Gasteiger partial charge in [0.1, 0.15) is 0 Å². The van der Waals surface area contributed by atoms with Crippen molar-refractivity contribution in [2.75, 3.05) is 12.9 Å². The molecule has 0 N–H and O–H groups in total. The zero-order valence-electron chi connectivity index (χ0n) is 10.4. The average molecular weight is 279 g/mol. The first-order valence-electron chi connectivity index (χ1n) is 5.54. The summed E-state index contributed by atoms with van der Waals surface area (Å²) in [5.74, 6) is 1.11. The van der Waals surface area contributed by atoms with Gasteiger partial charge in [-0.2, -0.15) is 0 Å². The Balaban J connectivity index is 2.24. The smallest absolute Gasteiger partial charge is 0.316 e. The van der Waals surface area contributed by atoms with E-state index in [0.717, 1.165) is 0 Å². The van der Waals surface area contributed by atoms with Gasteiger partial charge >= 0.3 is 5.97 Å². The van der Waals surface area contributed by atoms with E-state index in [2.05, 4.69) is 21.5 Å². The topological polar surface area (TPSA) is 70.2 Å². The second kappa shape index (κ2) is 6.24. The van der Waals surface area contributed by atoms with E-state index in [9.17, 15) is 4.79 Å². The summed E-state index contributed by atoms with van der Waals surface area (Å²) in [6.07, 6.45) is 3.31. The fourth-order valence-corrected chi connectivity index (χ4v) is 2.24. The number of carbonyl (C=O) groups is 1. The number of aromatic nitrogens is 3. The molecular formula is C12H13N3O3S. The molecule has 7 heteroatoms. The summed E-state index contributed by atoms with van der Waals surface area (Å²) in [4.78, 5) is 11.2. The van der Waals surface area contributed by atoms with Gasteiger partial charge in [-0.3, -0.25) is 9.36 Å². The Bertz CT molecular complexity index is 563. The Morgan fingerprint density at radius 1 is 1.63 bits per heavy atom. The molecule has 0 atom stereocenters. The molecule has 0 saturated heterocycles.